The monoisotopic (exact) mass is 428 g/mol. The number of halogens is 3. The summed E-state index contributed by atoms with van der Waals surface area (Å²) in [5.41, 5.74) is 4.14. The summed E-state index contributed by atoms with van der Waals surface area (Å²) in [5, 5.41) is 7.20. The van der Waals surface area contributed by atoms with E-state index in [9.17, 15) is 18.0 Å². The van der Waals surface area contributed by atoms with Crippen LogP contribution in [0.25, 0.3) is 22.3 Å². The predicted octanol–water partition coefficient (Wildman–Crippen LogP) is 4.64. The van der Waals surface area contributed by atoms with E-state index in [4.69, 9.17) is 0 Å². The first-order valence-corrected chi connectivity index (χ1v) is 9.54. The molecule has 0 unspecified atom stereocenters. The van der Waals surface area contributed by atoms with Gasteiger partial charge in [-0.15, -0.1) is 0 Å². The Labute approximate surface area is 175 Å². The van der Waals surface area contributed by atoms with Crippen LogP contribution in [0.4, 0.5) is 13.2 Å². The third kappa shape index (κ3) is 4.45. The van der Waals surface area contributed by atoms with Crippen molar-refractivity contribution in [1.82, 2.24) is 20.0 Å². The van der Waals surface area contributed by atoms with Gasteiger partial charge in [0.1, 0.15) is 6.54 Å². The minimum absolute atomic E-state index is 0.0691. The molecule has 0 fully saturated rings. The Bertz CT molecular complexity index is 1240. The molecule has 0 aliphatic rings. The summed E-state index contributed by atoms with van der Waals surface area (Å²) in [6.45, 7) is 4.37. The molecule has 0 bridgehead atoms. The van der Waals surface area contributed by atoms with Crippen LogP contribution in [0.15, 0.2) is 53.2 Å². The van der Waals surface area contributed by atoms with Crippen LogP contribution in [0.2, 0.25) is 0 Å². The molecule has 2 heterocycles. The second-order valence-corrected chi connectivity index (χ2v) is 7.36. The molecule has 1 N–H and O–H groups in total. The predicted molar refractivity (Wildman–Crippen MR) is 108 cm³/mol. The van der Waals surface area contributed by atoms with Crippen molar-refractivity contribution in [1.29, 1.82) is 0 Å². The van der Waals surface area contributed by atoms with Gasteiger partial charge in [-0.05, 0) is 31.0 Å². The quantitative estimate of drug-likeness (QED) is 0.503. The fourth-order valence-electron chi connectivity index (χ4n) is 3.32. The molecule has 0 aliphatic heterocycles. The minimum Gasteiger partial charge on any atom is -0.350 e. The Morgan fingerprint density at radius 2 is 1.87 bits per heavy atom. The molecule has 4 aromatic rings. The zero-order chi connectivity index (χ0) is 22.2. The number of nitrogens with one attached hydrogen (secondary N) is 1. The molecule has 2 aromatic heterocycles. The number of carbonyl (C=O) groups excluding carboxylic acids is 1. The Kier molecular flexibility index (Phi) is 5.26. The van der Waals surface area contributed by atoms with Gasteiger partial charge in [0.2, 0.25) is 11.7 Å². The Morgan fingerprint density at radius 3 is 2.55 bits per heavy atom. The van der Waals surface area contributed by atoms with Gasteiger partial charge >= 0.3 is 12.1 Å². The number of hydrogen-bond acceptors (Lipinski definition) is 4. The van der Waals surface area contributed by atoms with Crippen molar-refractivity contribution in [2.24, 2.45) is 0 Å². The fourth-order valence-corrected chi connectivity index (χ4v) is 3.32. The van der Waals surface area contributed by atoms with E-state index < -0.39 is 12.1 Å². The molecule has 6 nitrogen and oxygen atoms in total. The van der Waals surface area contributed by atoms with Crippen molar-refractivity contribution in [2.75, 3.05) is 0 Å². The van der Waals surface area contributed by atoms with Crippen LogP contribution in [-0.4, -0.2) is 20.6 Å². The van der Waals surface area contributed by atoms with Gasteiger partial charge in [0.15, 0.2) is 0 Å². The molecule has 160 valence electrons. The SMILES string of the molecule is Cc1ccc(CNC(=O)Cn2cc(C)c3ccc(-c4noc(C(F)(F)F)n4)cc32)cc1. The van der Waals surface area contributed by atoms with Crippen molar-refractivity contribution in [2.45, 2.75) is 33.1 Å². The number of amides is 1. The van der Waals surface area contributed by atoms with Crippen LogP contribution in [0.1, 0.15) is 22.6 Å². The van der Waals surface area contributed by atoms with E-state index in [-0.39, 0.29) is 18.3 Å². The van der Waals surface area contributed by atoms with E-state index in [2.05, 4.69) is 20.0 Å². The van der Waals surface area contributed by atoms with E-state index >= 15 is 0 Å². The summed E-state index contributed by atoms with van der Waals surface area (Å²) in [6, 6.07) is 12.9. The zero-order valence-electron chi connectivity index (χ0n) is 16.8. The first kappa shape index (κ1) is 20.6. The molecule has 0 spiro atoms. The molecule has 0 saturated carbocycles. The lowest BCUT2D eigenvalue weighted by Gasteiger charge is -2.08. The summed E-state index contributed by atoms with van der Waals surface area (Å²) in [4.78, 5) is 15.9. The Hall–Kier alpha value is -3.62. The largest absolute Gasteiger partial charge is 0.471 e. The molecule has 0 saturated heterocycles. The van der Waals surface area contributed by atoms with Crippen LogP contribution in [0.5, 0.6) is 0 Å². The van der Waals surface area contributed by atoms with E-state index in [1.54, 1.807) is 22.8 Å². The molecule has 0 radical (unpaired) electrons. The number of hydrogen-bond donors (Lipinski definition) is 1. The Morgan fingerprint density at radius 1 is 1.13 bits per heavy atom. The maximum absolute atomic E-state index is 12.8. The molecular weight excluding hydrogens is 409 g/mol. The van der Waals surface area contributed by atoms with Gasteiger partial charge in [0.25, 0.3) is 0 Å². The average molecular weight is 428 g/mol. The number of fused-ring (bicyclic) bond motifs is 1. The van der Waals surface area contributed by atoms with E-state index in [1.165, 1.54) is 0 Å². The van der Waals surface area contributed by atoms with Gasteiger partial charge in [0, 0.05) is 29.2 Å². The number of aromatic nitrogens is 3. The molecule has 0 atom stereocenters. The summed E-state index contributed by atoms with van der Waals surface area (Å²) in [6.07, 6.45) is -2.88. The maximum atomic E-state index is 12.8. The highest BCUT2D eigenvalue weighted by atomic mass is 19.4. The molecule has 0 aliphatic carbocycles. The van der Waals surface area contributed by atoms with Crippen molar-refractivity contribution in [3.05, 3.63) is 71.2 Å². The van der Waals surface area contributed by atoms with Crippen LogP contribution < -0.4 is 5.32 Å². The molecule has 2 aromatic carbocycles. The minimum atomic E-state index is -4.71. The number of aryl methyl sites for hydroxylation is 2. The molecular formula is C22H19F3N4O2. The summed E-state index contributed by atoms with van der Waals surface area (Å²) in [7, 11) is 0. The second-order valence-electron chi connectivity index (χ2n) is 7.36. The smallest absolute Gasteiger partial charge is 0.350 e. The van der Waals surface area contributed by atoms with Gasteiger partial charge < -0.3 is 14.4 Å². The van der Waals surface area contributed by atoms with E-state index in [0.29, 0.717) is 17.6 Å². The van der Waals surface area contributed by atoms with Gasteiger partial charge in [-0.2, -0.15) is 18.2 Å². The number of carbonyl (C=O) groups is 1. The van der Waals surface area contributed by atoms with Crippen molar-refractivity contribution in [3.8, 4) is 11.4 Å². The number of nitrogens with zero attached hydrogens (tertiary/aromatic N) is 3. The molecule has 9 heteroatoms. The molecule has 4 rings (SSSR count). The maximum Gasteiger partial charge on any atom is 0.471 e. The normalized spacial score (nSPS) is 11.8. The third-order valence-electron chi connectivity index (χ3n) is 4.93. The lowest BCUT2D eigenvalue weighted by molar-refractivity contribution is -0.159. The van der Waals surface area contributed by atoms with Gasteiger partial charge in [0.05, 0.1) is 0 Å². The lowest BCUT2D eigenvalue weighted by atomic mass is 10.1. The molecule has 1 amide bonds. The highest BCUT2D eigenvalue weighted by molar-refractivity contribution is 5.89. The van der Waals surface area contributed by atoms with Crippen molar-refractivity contribution >= 4 is 16.8 Å². The van der Waals surface area contributed by atoms with Crippen LogP contribution >= 0.6 is 0 Å². The van der Waals surface area contributed by atoms with Gasteiger partial charge in [-0.1, -0.05) is 47.1 Å². The standard InChI is InChI=1S/C22H19F3N4O2/c1-13-3-5-15(6-4-13)10-26-19(30)12-29-11-14(2)17-8-7-16(9-18(17)29)20-27-21(31-28-20)22(23,24)25/h3-9,11H,10,12H2,1-2H3,(H,26,30). The summed E-state index contributed by atoms with van der Waals surface area (Å²) >= 11 is 0. The zero-order valence-corrected chi connectivity index (χ0v) is 16.8. The van der Waals surface area contributed by atoms with Crippen LogP contribution in [-0.2, 0) is 24.1 Å². The van der Waals surface area contributed by atoms with Gasteiger partial charge in [-0.25, -0.2) is 0 Å². The lowest BCUT2D eigenvalue weighted by Crippen LogP contribution is -2.26. The highest BCUT2D eigenvalue weighted by Gasteiger charge is 2.38. The average Bonchev–Trinajstić information content (AvgIpc) is 3.33. The first-order chi connectivity index (χ1) is 14.7. The summed E-state index contributed by atoms with van der Waals surface area (Å²) in [5.74, 6) is -1.74. The van der Waals surface area contributed by atoms with Crippen LogP contribution in [0.3, 0.4) is 0 Å². The topological polar surface area (TPSA) is 73.0 Å². The number of alkyl halides is 3. The molecule has 31 heavy (non-hydrogen) atoms. The highest BCUT2D eigenvalue weighted by Crippen LogP contribution is 2.31. The Balaban J connectivity index is 1.55. The fraction of sp³-hybridized carbons (Fsp3) is 0.227. The summed E-state index contributed by atoms with van der Waals surface area (Å²) < 4.78 is 44.3. The second kappa shape index (κ2) is 7.90. The van der Waals surface area contributed by atoms with Crippen molar-refractivity contribution < 1.29 is 22.5 Å². The number of rotatable bonds is 5. The van der Waals surface area contributed by atoms with Gasteiger partial charge in [-0.3, -0.25) is 4.79 Å². The first-order valence-electron chi connectivity index (χ1n) is 9.54. The van der Waals surface area contributed by atoms with Crippen LogP contribution in [0, 0.1) is 13.8 Å². The third-order valence-corrected chi connectivity index (χ3v) is 4.93. The van der Waals surface area contributed by atoms with E-state index in [0.717, 1.165) is 22.1 Å². The van der Waals surface area contributed by atoms with Crippen molar-refractivity contribution in [3.63, 3.8) is 0 Å². The number of benzene rings is 2. The van der Waals surface area contributed by atoms with E-state index in [1.807, 2.05) is 44.3 Å².